The van der Waals surface area contributed by atoms with Gasteiger partial charge in [-0.15, -0.1) is 0 Å². The number of rotatable bonds is 7. The Labute approximate surface area is 397 Å². The van der Waals surface area contributed by atoms with Crippen molar-refractivity contribution in [1.82, 2.24) is 28.7 Å². The zero-order valence-electron chi connectivity index (χ0n) is 37.3. The maximum Gasteiger partial charge on any atom is 0.238 e. The molecule has 69 heavy (non-hydrogen) atoms. The van der Waals surface area contributed by atoms with E-state index in [-0.39, 0.29) is 0 Å². The Bertz CT molecular complexity index is 4210. The minimum Gasteiger partial charge on any atom is -0.309 e. The molecule has 4 heterocycles. The van der Waals surface area contributed by atoms with Gasteiger partial charge in [0, 0.05) is 49.1 Å². The number of hydrogen-bond acceptors (Lipinski definition) is 3. The molecule has 4 aromatic heterocycles. The Morgan fingerprint density at radius 3 is 1.17 bits per heavy atom. The molecule has 0 unspecified atom stereocenters. The van der Waals surface area contributed by atoms with Gasteiger partial charge in [-0.25, -0.2) is 4.98 Å². The Morgan fingerprint density at radius 1 is 0.261 bits per heavy atom. The maximum atomic E-state index is 5.49. The predicted molar refractivity (Wildman–Crippen MR) is 285 cm³/mol. The first-order valence-corrected chi connectivity index (χ1v) is 23.4. The van der Waals surface area contributed by atoms with Gasteiger partial charge in [-0.05, 0) is 64.7 Å². The van der Waals surface area contributed by atoms with Gasteiger partial charge in [-0.1, -0.05) is 200 Å². The van der Waals surface area contributed by atoms with Crippen LogP contribution in [0.1, 0.15) is 0 Å². The second-order valence-electron chi connectivity index (χ2n) is 17.6. The highest BCUT2D eigenvalue weighted by Gasteiger charge is 2.27. The quantitative estimate of drug-likeness (QED) is 0.160. The van der Waals surface area contributed by atoms with E-state index in [1.54, 1.807) is 0 Å². The van der Waals surface area contributed by atoms with E-state index in [0.29, 0.717) is 17.6 Å². The number of para-hydroxylation sites is 4. The molecule has 14 rings (SSSR count). The van der Waals surface area contributed by atoms with Gasteiger partial charge in [0.05, 0.1) is 38.8 Å². The number of fused-ring (bicyclic) bond motifs is 10. The van der Waals surface area contributed by atoms with Crippen molar-refractivity contribution in [3.05, 3.63) is 243 Å². The van der Waals surface area contributed by atoms with Gasteiger partial charge in [0.2, 0.25) is 5.95 Å². The van der Waals surface area contributed by atoms with Crippen molar-refractivity contribution in [3.8, 4) is 62.4 Å². The van der Waals surface area contributed by atoms with E-state index in [0.717, 1.165) is 82.9 Å². The molecule has 322 valence electrons. The first-order chi connectivity index (χ1) is 34.2. The fourth-order valence-electron chi connectivity index (χ4n) is 10.6. The normalized spacial score (nSPS) is 11.8. The molecule has 0 aliphatic carbocycles. The van der Waals surface area contributed by atoms with Crippen LogP contribution in [0.15, 0.2) is 243 Å². The van der Waals surface area contributed by atoms with Gasteiger partial charge in [-0.3, -0.25) is 4.57 Å². The molecule has 0 radical (unpaired) electrons. The zero-order chi connectivity index (χ0) is 45.4. The van der Waals surface area contributed by atoms with Crippen LogP contribution in [0.5, 0.6) is 0 Å². The monoisotopic (exact) mass is 880 g/mol. The first kappa shape index (κ1) is 38.8. The summed E-state index contributed by atoms with van der Waals surface area (Å²) >= 11 is 0. The molecule has 0 N–H and O–H groups in total. The van der Waals surface area contributed by atoms with Gasteiger partial charge in [-0.2, -0.15) is 9.97 Å². The highest BCUT2D eigenvalue weighted by Crippen LogP contribution is 2.46. The molecule has 0 saturated heterocycles. The van der Waals surface area contributed by atoms with Crippen molar-refractivity contribution in [1.29, 1.82) is 0 Å². The van der Waals surface area contributed by atoms with E-state index in [9.17, 15) is 0 Å². The van der Waals surface area contributed by atoms with Crippen LogP contribution in [0, 0.1) is 0 Å². The molecule has 0 fully saturated rings. The van der Waals surface area contributed by atoms with Gasteiger partial charge in [0.1, 0.15) is 0 Å². The Hall–Kier alpha value is -9.39. The molecule has 0 bridgehead atoms. The van der Waals surface area contributed by atoms with E-state index in [1.807, 2.05) is 24.3 Å². The summed E-state index contributed by atoms with van der Waals surface area (Å²) < 4.78 is 7.20. The Morgan fingerprint density at radius 2 is 0.638 bits per heavy atom. The first-order valence-electron chi connectivity index (χ1n) is 23.4. The van der Waals surface area contributed by atoms with Crippen molar-refractivity contribution < 1.29 is 0 Å². The Balaban J connectivity index is 1.13. The topological polar surface area (TPSA) is 53.5 Å². The maximum absolute atomic E-state index is 5.49. The summed E-state index contributed by atoms with van der Waals surface area (Å²) in [6, 6.07) is 86.3. The molecule has 0 saturated carbocycles. The molecule has 10 aromatic carbocycles. The summed E-state index contributed by atoms with van der Waals surface area (Å²) in [5, 5.41) is 6.92. The third-order valence-electron chi connectivity index (χ3n) is 13.7. The summed E-state index contributed by atoms with van der Waals surface area (Å²) in [4.78, 5) is 16.2. The van der Waals surface area contributed by atoms with Crippen LogP contribution in [-0.2, 0) is 0 Å². The van der Waals surface area contributed by atoms with Gasteiger partial charge in [0.25, 0.3) is 0 Å². The van der Waals surface area contributed by atoms with Crippen LogP contribution in [-0.4, -0.2) is 28.7 Å². The molecule has 6 nitrogen and oxygen atoms in total. The van der Waals surface area contributed by atoms with Crippen molar-refractivity contribution in [2.45, 2.75) is 0 Å². The molecule has 0 aliphatic heterocycles. The number of nitrogens with zero attached hydrogens (tertiary/aromatic N) is 6. The summed E-state index contributed by atoms with van der Waals surface area (Å²) in [5.74, 6) is 1.73. The van der Waals surface area contributed by atoms with Gasteiger partial charge in [0.15, 0.2) is 11.6 Å². The average Bonchev–Trinajstić information content (AvgIpc) is 4.07. The van der Waals surface area contributed by atoms with Crippen LogP contribution >= 0.6 is 0 Å². The van der Waals surface area contributed by atoms with Crippen LogP contribution in [0.25, 0.3) is 128 Å². The summed E-state index contributed by atoms with van der Waals surface area (Å²) in [7, 11) is 0. The molecular formula is C63H40N6. The highest BCUT2D eigenvalue weighted by atomic mass is 15.2. The average molecular weight is 881 g/mol. The van der Waals surface area contributed by atoms with E-state index in [4.69, 9.17) is 15.0 Å². The van der Waals surface area contributed by atoms with Crippen molar-refractivity contribution >= 4 is 65.4 Å². The van der Waals surface area contributed by atoms with Crippen molar-refractivity contribution in [2.75, 3.05) is 0 Å². The lowest BCUT2D eigenvalue weighted by atomic mass is 10.0. The minimum atomic E-state index is 0.536. The van der Waals surface area contributed by atoms with Crippen LogP contribution in [0.2, 0.25) is 0 Å². The largest absolute Gasteiger partial charge is 0.309 e. The van der Waals surface area contributed by atoms with Crippen molar-refractivity contribution in [3.63, 3.8) is 0 Å². The lowest BCUT2D eigenvalue weighted by Crippen LogP contribution is -2.08. The van der Waals surface area contributed by atoms with E-state index < -0.39 is 0 Å². The molecule has 0 amide bonds. The second kappa shape index (κ2) is 15.6. The molecule has 0 atom stereocenters. The van der Waals surface area contributed by atoms with Gasteiger partial charge < -0.3 is 9.13 Å². The van der Waals surface area contributed by atoms with E-state index in [1.165, 1.54) is 27.3 Å². The highest BCUT2D eigenvalue weighted by molar-refractivity contribution is 6.28. The fraction of sp³-hybridized carbons (Fsp3) is 0. The Kier molecular flexibility index (Phi) is 8.79. The van der Waals surface area contributed by atoms with E-state index in [2.05, 4.69) is 232 Å². The smallest absolute Gasteiger partial charge is 0.238 e. The van der Waals surface area contributed by atoms with E-state index >= 15 is 0 Å². The van der Waals surface area contributed by atoms with Gasteiger partial charge >= 0.3 is 0 Å². The zero-order valence-corrected chi connectivity index (χ0v) is 37.3. The third-order valence-corrected chi connectivity index (χ3v) is 13.7. The molecular weight excluding hydrogens is 841 g/mol. The lowest BCUT2D eigenvalue weighted by Gasteiger charge is -2.16. The van der Waals surface area contributed by atoms with Crippen LogP contribution in [0.3, 0.4) is 0 Å². The summed E-state index contributed by atoms with van der Waals surface area (Å²) in [5.41, 5.74) is 15.0. The summed E-state index contributed by atoms with van der Waals surface area (Å²) in [6.45, 7) is 0. The standard InChI is InChI=1S/C63H40N6/c1-4-18-41(19-5-1)43-32-34-46(35-33-43)62-64-61(45-22-8-3-9-23-45)65-63(66-62)69-56-31-17-13-27-51(56)58-59-52(40-57(60(58)69)68-54-29-15-10-24-48(54)49-25-11-16-30-55(49)68)50-26-12-14-28-53(50)67(59)47-38-36-44(37-39-47)42-20-6-2-7-21-42/h1-40H. The van der Waals surface area contributed by atoms with Crippen molar-refractivity contribution in [2.24, 2.45) is 0 Å². The number of hydrogen-bond donors (Lipinski definition) is 0. The lowest BCUT2D eigenvalue weighted by molar-refractivity contribution is 0.950. The molecule has 6 heteroatoms. The summed E-state index contributed by atoms with van der Waals surface area (Å²) in [6.07, 6.45) is 0. The number of benzene rings is 10. The fourth-order valence-corrected chi connectivity index (χ4v) is 10.6. The minimum absolute atomic E-state index is 0.536. The predicted octanol–water partition coefficient (Wildman–Crippen LogP) is 15.8. The second-order valence-corrected chi connectivity index (χ2v) is 17.6. The number of aromatic nitrogens is 6. The third kappa shape index (κ3) is 6.16. The van der Waals surface area contributed by atoms with Crippen LogP contribution in [0.4, 0.5) is 0 Å². The molecule has 14 aromatic rings. The molecule has 0 aliphatic rings. The SMILES string of the molecule is c1ccc(-c2ccc(-c3nc(-c4ccccc4)nc(-n4c5ccccc5c5c4c(-n4c6ccccc6c6ccccc64)cc4c6ccccc6n(-c6ccc(-c7ccccc7)cc6)c45)n3)cc2)cc1. The molecule has 0 spiro atoms. The van der Waals surface area contributed by atoms with Crippen LogP contribution < -0.4 is 0 Å².